The lowest BCUT2D eigenvalue weighted by Gasteiger charge is -2.43. The van der Waals surface area contributed by atoms with Gasteiger partial charge in [-0.15, -0.1) is 0 Å². The Kier molecular flexibility index (Phi) is 6.69. The van der Waals surface area contributed by atoms with E-state index in [0.717, 1.165) is 6.07 Å². The molecule has 1 atom stereocenters. The molecule has 0 radical (unpaired) electrons. The first kappa shape index (κ1) is 23.9. The second-order valence-electron chi connectivity index (χ2n) is 8.68. The van der Waals surface area contributed by atoms with Crippen LogP contribution in [0.1, 0.15) is 24.0 Å². The molecule has 2 aliphatic heterocycles. The molecule has 1 unspecified atom stereocenters. The van der Waals surface area contributed by atoms with Gasteiger partial charge in [-0.25, -0.2) is 0 Å². The van der Waals surface area contributed by atoms with E-state index in [-0.39, 0.29) is 24.3 Å². The van der Waals surface area contributed by atoms with Crippen molar-refractivity contribution in [2.75, 3.05) is 58.9 Å². The first-order valence-corrected chi connectivity index (χ1v) is 10.4. The van der Waals surface area contributed by atoms with E-state index < -0.39 is 22.7 Å². The summed E-state index contributed by atoms with van der Waals surface area (Å²) in [5.74, 6) is -0.596. The number of nitrogens with zero attached hydrogens (tertiary/aromatic N) is 4. The first-order chi connectivity index (χ1) is 15.0. The second kappa shape index (κ2) is 8.98. The number of carbonyl (C=O) groups is 2. The average molecular weight is 452 g/mol. The van der Waals surface area contributed by atoms with E-state index in [2.05, 4.69) is 0 Å². The van der Waals surface area contributed by atoms with Gasteiger partial charge in [-0.2, -0.15) is 18.4 Å². The predicted octanol–water partition coefficient (Wildman–Crippen LogP) is 2.36. The van der Waals surface area contributed by atoms with Crippen LogP contribution in [0.15, 0.2) is 18.2 Å². The van der Waals surface area contributed by atoms with Gasteiger partial charge in [0.1, 0.15) is 6.61 Å². The number of likely N-dealkylation sites (tertiary alicyclic amines) is 1. The highest BCUT2D eigenvalue weighted by atomic mass is 19.4. The van der Waals surface area contributed by atoms with Crippen molar-refractivity contribution >= 4 is 17.5 Å². The molecule has 2 fully saturated rings. The van der Waals surface area contributed by atoms with E-state index >= 15 is 0 Å². The van der Waals surface area contributed by atoms with Crippen LogP contribution < -0.4 is 4.90 Å². The molecule has 0 N–H and O–H groups in total. The summed E-state index contributed by atoms with van der Waals surface area (Å²) in [5, 5.41) is 9.02. The molecule has 2 amide bonds. The Labute approximate surface area is 185 Å². The number of piperidine rings is 1. The molecule has 32 heavy (non-hydrogen) atoms. The smallest absolute Gasteiger partial charge is 0.375 e. The van der Waals surface area contributed by atoms with Crippen LogP contribution in [-0.2, 0) is 20.5 Å². The number of hydrogen-bond donors (Lipinski definition) is 0. The van der Waals surface area contributed by atoms with E-state index in [1.807, 2.05) is 4.90 Å². The number of amides is 2. The monoisotopic (exact) mass is 452 g/mol. The third-order valence-electron chi connectivity index (χ3n) is 6.56. The Hall–Kier alpha value is -2.80. The topological polar surface area (TPSA) is 76.9 Å². The van der Waals surface area contributed by atoms with Crippen molar-refractivity contribution < 1.29 is 27.5 Å². The second-order valence-corrected chi connectivity index (χ2v) is 8.68. The van der Waals surface area contributed by atoms with Gasteiger partial charge in [0.2, 0.25) is 11.8 Å². The van der Waals surface area contributed by atoms with Crippen molar-refractivity contribution in [1.29, 1.82) is 5.26 Å². The third kappa shape index (κ3) is 4.53. The van der Waals surface area contributed by atoms with E-state index in [0.29, 0.717) is 44.7 Å². The summed E-state index contributed by atoms with van der Waals surface area (Å²) in [6, 6.07) is 5.34. The number of carbonyl (C=O) groups excluding carboxylic acids is 2. The van der Waals surface area contributed by atoms with Crippen molar-refractivity contribution in [3.8, 4) is 6.07 Å². The molecule has 7 nitrogen and oxygen atoms in total. The van der Waals surface area contributed by atoms with Gasteiger partial charge in [-0.3, -0.25) is 9.59 Å². The number of halogens is 3. The minimum Gasteiger partial charge on any atom is -0.375 e. The number of hydrogen-bond acceptors (Lipinski definition) is 5. The lowest BCUT2D eigenvalue weighted by atomic mass is 9.70. The Bertz CT molecular complexity index is 918. The van der Waals surface area contributed by atoms with Crippen LogP contribution in [0.2, 0.25) is 0 Å². The Balaban J connectivity index is 1.82. The van der Waals surface area contributed by atoms with E-state index in [1.165, 1.54) is 24.1 Å². The Morgan fingerprint density at radius 1 is 1.28 bits per heavy atom. The van der Waals surface area contributed by atoms with Gasteiger partial charge in [-0.1, -0.05) is 0 Å². The minimum atomic E-state index is -4.62. The summed E-state index contributed by atoms with van der Waals surface area (Å²) in [7, 11) is 4.80. The Morgan fingerprint density at radius 3 is 2.47 bits per heavy atom. The summed E-state index contributed by atoms with van der Waals surface area (Å²) in [4.78, 5) is 30.4. The molecule has 1 spiro atoms. The molecule has 2 saturated heterocycles. The highest BCUT2D eigenvalue weighted by molar-refractivity contribution is 5.83. The van der Waals surface area contributed by atoms with Crippen molar-refractivity contribution in [1.82, 2.24) is 9.80 Å². The maximum atomic E-state index is 13.4. The van der Waals surface area contributed by atoms with Crippen LogP contribution >= 0.6 is 0 Å². The number of anilines is 1. The van der Waals surface area contributed by atoms with Gasteiger partial charge < -0.3 is 19.4 Å². The van der Waals surface area contributed by atoms with Gasteiger partial charge in [0, 0.05) is 58.5 Å². The summed E-state index contributed by atoms with van der Waals surface area (Å²) >= 11 is 0. The van der Waals surface area contributed by atoms with Gasteiger partial charge in [0.25, 0.3) is 0 Å². The fraction of sp³-hybridized carbons (Fsp3) is 0.591. The van der Waals surface area contributed by atoms with Gasteiger partial charge in [0.15, 0.2) is 0 Å². The molecule has 2 aliphatic rings. The lowest BCUT2D eigenvalue weighted by molar-refractivity contribution is -0.138. The number of alkyl halides is 3. The van der Waals surface area contributed by atoms with Crippen LogP contribution in [0.3, 0.4) is 0 Å². The molecular formula is C22H27F3N4O3. The maximum Gasteiger partial charge on any atom is 0.417 e. The fourth-order valence-electron chi connectivity index (χ4n) is 4.80. The average Bonchev–Trinajstić information content (AvgIpc) is 3.11. The highest BCUT2D eigenvalue weighted by Gasteiger charge is 2.52. The molecule has 10 heteroatoms. The number of methoxy groups -OCH3 is 1. The van der Waals surface area contributed by atoms with Crippen molar-refractivity contribution in [2.45, 2.75) is 19.0 Å². The summed E-state index contributed by atoms with van der Waals surface area (Å²) in [6.07, 6.45) is -3.49. The standard InChI is InChI=1S/C22H27F3N4O3/c1-27(2)20(31)18-12-29(19(30)13-32-3)14-21(18)6-8-28(9-7-21)16-5-4-15(11-26)17(10-16)22(23,24)25/h4-5,10,18H,6-9,12-14H2,1-3H3. The van der Waals surface area contributed by atoms with Crippen LogP contribution in [0.4, 0.5) is 18.9 Å². The molecule has 3 rings (SSSR count). The van der Waals surface area contributed by atoms with Crippen LogP contribution in [-0.4, -0.2) is 75.6 Å². The number of ether oxygens (including phenoxy) is 1. The zero-order valence-electron chi connectivity index (χ0n) is 18.4. The SMILES string of the molecule is COCC(=O)N1CC(C(=O)N(C)C)C2(CCN(c3ccc(C#N)c(C(F)(F)F)c3)CC2)C1. The van der Waals surface area contributed by atoms with E-state index in [1.54, 1.807) is 25.1 Å². The molecule has 0 bridgehead atoms. The van der Waals surface area contributed by atoms with Crippen molar-refractivity contribution in [3.05, 3.63) is 29.3 Å². The molecule has 0 aromatic heterocycles. The first-order valence-electron chi connectivity index (χ1n) is 10.4. The molecular weight excluding hydrogens is 425 g/mol. The van der Waals surface area contributed by atoms with E-state index in [9.17, 15) is 22.8 Å². The number of benzene rings is 1. The van der Waals surface area contributed by atoms with Crippen LogP contribution in [0.5, 0.6) is 0 Å². The van der Waals surface area contributed by atoms with Crippen molar-refractivity contribution in [3.63, 3.8) is 0 Å². The zero-order chi connectivity index (χ0) is 23.7. The van der Waals surface area contributed by atoms with Crippen molar-refractivity contribution in [2.24, 2.45) is 11.3 Å². The summed E-state index contributed by atoms with van der Waals surface area (Å²) < 4.78 is 45.0. The largest absolute Gasteiger partial charge is 0.417 e. The molecule has 1 aromatic carbocycles. The lowest BCUT2D eigenvalue weighted by Crippen LogP contribution is -2.48. The van der Waals surface area contributed by atoms with Crippen LogP contribution in [0, 0.1) is 22.7 Å². The summed E-state index contributed by atoms with van der Waals surface area (Å²) in [6.45, 7) is 1.58. The summed E-state index contributed by atoms with van der Waals surface area (Å²) in [5.41, 5.74) is -1.39. The normalized spacial score (nSPS) is 20.3. The molecule has 1 aromatic rings. The number of nitriles is 1. The highest BCUT2D eigenvalue weighted by Crippen LogP contribution is 2.46. The molecule has 0 saturated carbocycles. The van der Waals surface area contributed by atoms with Crippen LogP contribution in [0.25, 0.3) is 0 Å². The van der Waals surface area contributed by atoms with Gasteiger partial charge in [0.05, 0.1) is 23.1 Å². The third-order valence-corrected chi connectivity index (χ3v) is 6.56. The molecule has 2 heterocycles. The molecule has 0 aliphatic carbocycles. The fourth-order valence-corrected chi connectivity index (χ4v) is 4.80. The zero-order valence-corrected chi connectivity index (χ0v) is 18.4. The maximum absolute atomic E-state index is 13.4. The number of rotatable bonds is 4. The van der Waals surface area contributed by atoms with Gasteiger partial charge >= 0.3 is 6.18 Å². The quantitative estimate of drug-likeness (QED) is 0.701. The Morgan fingerprint density at radius 2 is 1.94 bits per heavy atom. The van der Waals surface area contributed by atoms with Gasteiger partial charge in [-0.05, 0) is 31.0 Å². The minimum absolute atomic E-state index is 0.0519. The predicted molar refractivity (Wildman–Crippen MR) is 111 cm³/mol. The molecule has 174 valence electrons. The van der Waals surface area contributed by atoms with E-state index in [4.69, 9.17) is 10.00 Å².